The summed E-state index contributed by atoms with van der Waals surface area (Å²) < 4.78 is 0. The predicted molar refractivity (Wildman–Crippen MR) is 57.4 cm³/mol. The van der Waals surface area contributed by atoms with Gasteiger partial charge in [-0.1, -0.05) is 28.2 Å². The summed E-state index contributed by atoms with van der Waals surface area (Å²) >= 11 is 0. The van der Waals surface area contributed by atoms with Gasteiger partial charge in [-0.3, -0.25) is 9.80 Å². The van der Waals surface area contributed by atoms with Crippen LogP contribution in [-0.2, 0) is 0 Å². The minimum atomic E-state index is 0. The highest BCUT2D eigenvalue weighted by molar-refractivity contribution is 4.65. The molecule has 0 atom stereocenters. The summed E-state index contributed by atoms with van der Waals surface area (Å²) in [6.07, 6.45) is 0. The van der Waals surface area contributed by atoms with Gasteiger partial charge in [0, 0.05) is 13.2 Å². The van der Waals surface area contributed by atoms with Crippen molar-refractivity contribution in [1.29, 1.82) is 0 Å². The third-order valence-corrected chi connectivity index (χ3v) is 1.27. The molecule has 0 aromatic carbocycles. The van der Waals surface area contributed by atoms with Gasteiger partial charge in [0.05, 0.1) is 0 Å². The minimum absolute atomic E-state index is 0. The third kappa shape index (κ3) is 9.92. The highest BCUT2D eigenvalue weighted by Gasteiger charge is 2.13. The summed E-state index contributed by atoms with van der Waals surface area (Å²) in [6.45, 7) is 8.97. The van der Waals surface area contributed by atoms with E-state index in [0.29, 0.717) is 5.41 Å². The van der Waals surface area contributed by atoms with E-state index >= 15 is 0 Å². The van der Waals surface area contributed by atoms with Crippen LogP contribution in [0, 0.1) is 5.41 Å². The van der Waals surface area contributed by atoms with E-state index in [1.165, 1.54) is 0 Å². The number of rotatable bonds is 3. The van der Waals surface area contributed by atoms with Gasteiger partial charge in [-0.25, -0.2) is 0 Å². The highest BCUT2D eigenvalue weighted by atomic mass is 15.3. The Hall–Kier alpha value is -0.0800. The predicted octanol–water partition coefficient (Wildman–Crippen LogP) is 2.12. The van der Waals surface area contributed by atoms with Gasteiger partial charge in [0.15, 0.2) is 0 Å². The van der Waals surface area contributed by atoms with Crippen molar-refractivity contribution in [2.75, 3.05) is 34.4 Å². The fourth-order valence-electron chi connectivity index (χ4n) is 1.34. The van der Waals surface area contributed by atoms with Crippen molar-refractivity contribution in [2.45, 2.75) is 28.2 Å². The molecule has 0 aliphatic heterocycles. The Morgan fingerprint density at radius 3 is 1.67 bits per heavy atom. The zero-order chi connectivity index (χ0) is 9.07. The van der Waals surface area contributed by atoms with E-state index in [9.17, 15) is 0 Å². The van der Waals surface area contributed by atoms with Crippen LogP contribution in [0.3, 0.4) is 0 Å². The maximum absolute atomic E-state index is 2.33. The van der Waals surface area contributed by atoms with E-state index < -0.39 is 0 Å². The Bertz CT molecular complexity index is 103. The lowest BCUT2D eigenvalue weighted by molar-refractivity contribution is 0.159. The zero-order valence-corrected chi connectivity index (χ0v) is 8.81. The molecule has 2 heteroatoms. The van der Waals surface area contributed by atoms with Gasteiger partial charge in [-0.15, -0.1) is 0 Å². The normalized spacial score (nSPS) is 12.0. The molecule has 0 rings (SSSR count). The zero-order valence-electron chi connectivity index (χ0n) is 8.81. The summed E-state index contributed by atoms with van der Waals surface area (Å²) in [6, 6.07) is 0. The summed E-state index contributed by atoms with van der Waals surface area (Å²) in [5.41, 5.74) is 0.408. The maximum Gasteiger partial charge on any atom is 0.0498 e. The maximum atomic E-state index is 2.33. The van der Waals surface area contributed by atoms with Crippen LogP contribution in [0.5, 0.6) is 0 Å². The SMILES string of the molecule is C.CN(C)CN(C)CC(C)(C)C. The molecule has 0 aliphatic carbocycles. The smallest absolute Gasteiger partial charge is 0.0498 e. The Morgan fingerprint density at radius 1 is 1.00 bits per heavy atom. The van der Waals surface area contributed by atoms with Gasteiger partial charge in [-0.2, -0.15) is 0 Å². The molecule has 0 amide bonds. The molecule has 0 aromatic heterocycles. The Labute approximate surface area is 78.5 Å². The lowest BCUT2D eigenvalue weighted by atomic mass is 9.96. The van der Waals surface area contributed by atoms with E-state index in [4.69, 9.17) is 0 Å². The molecule has 0 saturated heterocycles. The van der Waals surface area contributed by atoms with Crippen molar-refractivity contribution < 1.29 is 0 Å². The van der Waals surface area contributed by atoms with E-state index in [2.05, 4.69) is 51.7 Å². The molecule has 0 aliphatic rings. The number of hydrogen-bond donors (Lipinski definition) is 0. The average molecular weight is 174 g/mol. The molecule has 0 heterocycles. The first-order valence-electron chi connectivity index (χ1n) is 4.14. The first-order chi connectivity index (χ1) is 4.81. The summed E-state index contributed by atoms with van der Waals surface area (Å²) in [5, 5.41) is 0. The topological polar surface area (TPSA) is 6.48 Å². The van der Waals surface area contributed by atoms with Crippen LogP contribution >= 0.6 is 0 Å². The molecule has 0 fully saturated rings. The molecule has 0 radical (unpaired) electrons. The molecule has 0 spiro atoms. The fraction of sp³-hybridized carbons (Fsp3) is 1.00. The van der Waals surface area contributed by atoms with Gasteiger partial charge in [0.2, 0.25) is 0 Å². The number of hydrogen-bond acceptors (Lipinski definition) is 2. The first kappa shape index (κ1) is 14.4. The van der Waals surface area contributed by atoms with Crippen molar-refractivity contribution in [3.05, 3.63) is 0 Å². The van der Waals surface area contributed by atoms with Crippen molar-refractivity contribution in [2.24, 2.45) is 5.41 Å². The van der Waals surface area contributed by atoms with Gasteiger partial charge in [0.25, 0.3) is 0 Å². The average Bonchev–Trinajstić information content (AvgIpc) is 1.53. The molecule has 0 N–H and O–H groups in total. The highest BCUT2D eigenvalue weighted by Crippen LogP contribution is 2.13. The van der Waals surface area contributed by atoms with Crippen LogP contribution in [0.25, 0.3) is 0 Å². The Balaban J connectivity index is 0. The lowest BCUT2D eigenvalue weighted by Gasteiger charge is -2.28. The van der Waals surface area contributed by atoms with Gasteiger partial charge in [-0.05, 0) is 26.6 Å². The summed E-state index contributed by atoms with van der Waals surface area (Å²) in [7, 11) is 6.35. The molecule has 76 valence electrons. The van der Waals surface area contributed by atoms with Gasteiger partial charge < -0.3 is 0 Å². The molecular weight excluding hydrogens is 148 g/mol. The van der Waals surface area contributed by atoms with Crippen LogP contribution in [-0.4, -0.2) is 44.2 Å². The lowest BCUT2D eigenvalue weighted by Crippen LogP contribution is -2.36. The second kappa shape index (κ2) is 5.55. The van der Waals surface area contributed by atoms with E-state index in [0.717, 1.165) is 13.2 Å². The summed E-state index contributed by atoms with van der Waals surface area (Å²) in [5.74, 6) is 0. The van der Waals surface area contributed by atoms with Crippen molar-refractivity contribution in [1.82, 2.24) is 9.80 Å². The van der Waals surface area contributed by atoms with Crippen molar-refractivity contribution in [3.8, 4) is 0 Å². The molecule has 2 nitrogen and oxygen atoms in total. The fourth-order valence-corrected chi connectivity index (χ4v) is 1.34. The van der Waals surface area contributed by atoms with E-state index in [1.54, 1.807) is 0 Å². The van der Waals surface area contributed by atoms with E-state index in [1.807, 2.05) is 0 Å². The monoisotopic (exact) mass is 174 g/mol. The third-order valence-electron chi connectivity index (χ3n) is 1.27. The standard InChI is InChI=1S/C9H22N2.CH4/c1-9(2,3)7-11(6)8-10(4)5;/h7-8H2,1-6H3;1H4. The van der Waals surface area contributed by atoms with Crippen LogP contribution in [0.4, 0.5) is 0 Å². The molecule has 0 bridgehead atoms. The van der Waals surface area contributed by atoms with Gasteiger partial charge >= 0.3 is 0 Å². The first-order valence-corrected chi connectivity index (χ1v) is 4.14. The van der Waals surface area contributed by atoms with Crippen LogP contribution < -0.4 is 0 Å². The second-order valence-electron chi connectivity index (χ2n) is 4.80. The van der Waals surface area contributed by atoms with Crippen LogP contribution in [0.2, 0.25) is 0 Å². The van der Waals surface area contributed by atoms with Crippen LogP contribution in [0.15, 0.2) is 0 Å². The largest absolute Gasteiger partial charge is 0.297 e. The van der Waals surface area contributed by atoms with Crippen LogP contribution in [0.1, 0.15) is 28.2 Å². The molecule has 12 heavy (non-hydrogen) atoms. The molecule has 0 unspecified atom stereocenters. The van der Waals surface area contributed by atoms with E-state index in [-0.39, 0.29) is 7.43 Å². The molecular formula is C10H26N2. The Kier molecular flexibility index (Phi) is 6.68. The Morgan fingerprint density at radius 2 is 1.42 bits per heavy atom. The number of nitrogens with zero attached hydrogens (tertiary/aromatic N) is 2. The van der Waals surface area contributed by atoms with Crippen molar-refractivity contribution in [3.63, 3.8) is 0 Å². The quantitative estimate of drug-likeness (QED) is 0.605. The minimum Gasteiger partial charge on any atom is -0.297 e. The molecule has 0 aromatic rings. The summed E-state index contributed by atoms with van der Waals surface area (Å²) in [4.78, 5) is 4.52. The second-order valence-corrected chi connectivity index (χ2v) is 4.80. The molecule has 0 saturated carbocycles. The van der Waals surface area contributed by atoms with Gasteiger partial charge in [0.1, 0.15) is 0 Å². The van der Waals surface area contributed by atoms with Crippen molar-refractivity contribution >= 4 is 0 Å².